The Bertz CT molecular complexity index is 823. The zero-order valence-electron chi connectivity index (χ0n) is 14.0. The molecule has 142 valence electrons. The lowest BCUT2D eigenvalue weighted by Gasteiger charge is -2.01. The molecule has 0 bridgehead atoms. The van der Waals surface area contributed by atoms with Crippen LogP contribution in [-0.2, 0) is 0 Å². The van der Waals surface area contributed by atoms with Gasteiger partial charge in [0.1, 0.15) is 5.82 Å². The van der Waals surface area contributed by atoms with Crippen LogP contribution in [0, 0.1) is 5.82 Å². The van der Waals surface area contributed by atoms with Gasteiger partial charge in [-0.15, -0.1) is 0 Å². The van der Waals surface area contributed by atoms with Crippen molar-refractivity contribution in [3.63, 3.8) is 0 Å². The molecule has 0 saturated heterocycles. The summed E-state index contributed by atoms with van der Waals surface area (Å²) in [7, 11) is 0. The summed E-state index contributed by atoms with van der Waals surface area (Å²) in [6.45, 7) is 0.100. The van der Waals surface area contributed by atoms with Crippen LogP contribution in [0.2, 0.25) is 0 Å². The van der Waals surface area contributed by atoms with Crippen LogP contribution in [0.3, 0.4) is 0 Å². The molecule has 3 rings (SSSR count). The van der Waals surface area contributed by atoms with E-state index in [9.17, 15) is 18.0 Å². The third kappa shape index (κ3) is 6.23. The molecular weight excluding hydrogens is 363 g/mol. The third-order valence-corrected chi connectivity index (χ3v) is 3.29. The smallest absolute Gasteiger partial charge is 0.263 e. The Hall–Kier alpha value is -3.20. The van der Waals surface area contributed by atoms with E-state index in [1.165, 1.54) is 54.9 Å². The molecule has 27 heavy (non-hydrogen) atoms. The minimum Gasteiger partial charge on any atom is -0.395 e. The summed E-state index contributed by atoms with van der Waals surface area (Å²) >= 11 is 0. The van der Waals surface area contributed by atoms with Gasteiger partial charge in [-0.25, -0.2) is 13.2 Å². The van der Waals surface area contributed by atoms with Crippen LogP contribution in [0.1, 0.15) is 22.3 Å². The van der Waals surface area contributed by atoms with Gasteiger partial charge in [0, 0.05) is 23.2 Å². The molecule has 2 aromatic carbocycles. The highest BCUT2D eigenvalue weighted by molar-refractivity contribution is 5.94. The highest BCUT2D eigenvalue weighted by Crippen LogP contribution is 2.21. The van der Waals surface area contributed by atoms with Gasteiger partial charge in [0.15, 0.2) is 0 Å². The maximum absolute atomic E-state index is 12.4. The summed E-state index contributed by atoms with van der Waals surface area (Å²) in [6, 6.07) is 11.0. The molecule has 3 aromatic rings. The van der Waals surface area contributed by atoms with Gasteiger partial charge in [-0.2, -0.15) is 4.98 Å². The summed E-state index contributed by atoms with van der Waals surface area (Å²) in [5.74, 6) is -0.293. The van der Waals surface area contributed by atoms with Crippen LogP contribution < -0.4 is 5.32 Å². The van der Waals surface area contributed by atoms with Crippen molar-refractivity contribution in [3.8, 4) is 11.4 Å². The molecule has 0 fully saturated rings. The molecule has 0 unspecified atom stereocenters. The van der Waals surface area contributed by atoms with Crippen molar-refractivity contribution in [1.29, 1.82) is 0 Å². The Balaban J connectivity index is 0.000000194. The number of nitrogens with one attached hydrogen (secondary N) is 1. The Morgan fingerprint density at radius 3 is 2.30 bits per heavy atom. The minimum atomic E-state index is -2.45. The van der Waals surface area contributed by atoms with Gasteiger partial charge < -0.3 is 14.9 Å². The lowest BCUT2D eigenvalue weighted by Crippen LogP contribution is -2.26. The molecule has 1 amide bonds. The quantitative estimate of drug-likeness (QED) is 0.711. The highest BCUT2D eigenvalue weighted by atomic mass is 19.3. The standard InChI is InChI=1S/C9H6F2N2O.C9H10FNO2/c10-8(11)6-1-3-7(4-2-6)9-12-5-14-13-9;10-8-3-1-7(2-4-8)9(13)11-5-6-12/h1-5,8H;1-4,12H,5-6H2,(H,11,13). The van der Waals surface area contributed by atoms with Crippen LogP contribution in [0.25, 0.3) is 11.4 Å². The number of aliphatic hydroxyl groups is 1. The average Bonchev–Trinajstić information content (AvgIpc) is 3.22. The van der Waals surface area contributed by atoms with Gasteiger partial charge in [-0.05, 0) is 24.3 Å². The van der Waals surface area contributed by atoms with E-state index in [-0.39, 0.29) is 30.4 Å². The number of aliphatic hydroxyl groups excluding tert-OH is 1. The van der Waals surface area contributed by atoms with E-state index in [2.05, 4.69) is 20.0 Å². The van der Waals surface area contributed by atoms with Crippen LogP contribution in [-0.4, -0.2) is 34.3 Å². The summed E-state index contributed by atoms with van der Waals surface area (Å²) in [4.78, 5) is 15.0. The van der Waals surface area contributed by atoms with Crippen molar-refractivity contribution in [1.82, 2.24) is 15.5 Å². The Morgan fingerprint density at radius 1 is 1.11 bits per heavy atom. The van der Waals surface area contributed by atoms with E-state index < -0.39 is 6.43 Å². The Labute approximate surface area is 152 Å². The molecule has 1 aromatic heterocycles. The van der Waals surface area contributed by atoms with Crippen LogP contribution in [0.4, 0.5) is 13.2 Å². The molecule has 1 heterocycles. The largest absolute Gasteiger partial charge is 0.395 e. The fraction of sp³-hybridized carbons (Fsp3) is 0.167. The number of benzene rings is 2. The monoisotopic (exact) mass is 379 g/mol. The summed E-state index contributed by atoms with van der Waals surface area (Å²) < 4.78 is 41.4. The lowest BCUT2D eigenvalue weighted by atomic mass is 10.1. The second-order valence-corrected chi connectivity index (χ2v) is 5.16. The van der Waals surface area contributed by atoms with Gasteiger partial charge in [-0.1, -0.05) is 29.4 Å². The molecule has 0 aliphatic carbocycles. The summed E-state index contributed by atoms with van der Waals surface area (Å²) in [5, 5.41) is 14.5. The SMILES string of the molecule is FC(F)c1ccc(-c2ncon2)cc1.O=C(NCCO)c1ccc(F)cc1. The second kappa shape index (κ2) is 10.1. The number of hydrogen-bond donors (Lipinski definition) is 2. The van der Waals surface area contributed by atoms with E-state index in [1.807, 2.05) is 0 Å². The van der Waals surface area contributed by atoms with Crippen LogP contribution in [0.5, 0.6) is 0 Å². The first-order chi connectivity index (χ1) is 13.0. The Morgan fingerprint density at radius 2 is 1.78 bits per heavy atom. The van der Waals surface area contributed by atoms with Crippen molar-refractivity contribution in [2.75, 3.05) is 13.2 Å². The second-order valence-electron chi connectivity index (χ2n) is 5.16. The van der Waals surface area contributed by atoms with E-state index in [4.69, 9.17) is 5.11 Å². The molecular formula is C18H16F3N3O3. The number of carbonyl (C=O) groups is 1. The first kappa shape index (κ1) is 20.1. The molecule has 0 aliphatic heterocycles. The van der Waals surface area contributed by atoms with Crippen LogP contribution in [0.15, 0.2) is 59.4 Å². The molecule has 2 N–H and O–H groups in total. The summed E-state index contributed by atoms with van der Waals surface area (Å²) in [6.07, 6.45) is -1.26. The maximum Gasteiger partial charge on any atom is 0.263 e. The van der Waals surface area contributed by atoms with Crippen molar-refractivity contribution in [3.05, 3.63) is 71.9 Å². The lowest BCUT2D eigenvalue weighted by molar-refractivity contribution is 0.0944. The number of nitrogens with zero attached hydrogens (tertiary/aromatic N) is 2. The summed E-state index contributed by atoms with van der Waals surface area (Å²) in [5.41, 5.74) is 1.02. The molecule has 0 aliphatic rings. The Kier molecular flexibility index (Phi) is 7.50. The van der Waals surface area contributed by atoms with E-state index >= 15 is 0 Å². The van der Waals surface area contributed by atoms with Crippen molar-refractivity contribution < 1.29 is 27.6 Å². The fourth-order valence-corrected chi connectivity index (χ4v) is 1.95. The number of amides is 1. The number of halogens is 3. The van der Waals surface area contributed by atoms with Gasteiger partial charge in [0.05, 0.1) is 6.61 Å². The normalized spacial score (nSPS) is 10.3. The van der Waals surface area contributed by atoms with Crippen LogP contribution >= 0.6 is 0 Å². The van der Waals surface area contributed by atoms with E-state index in [0.29, 0.717) is 17.0 Å². The van der Waals surface area contributed by atoms with Gasteiger partial charge in [0.2, 0.25) is 12.2 Å². The van der Waals surface area contributed by atoms with E-state index in [1.54, 1.807) is 0 Å². The van der Waals surface area contributed by atoms with Gasteiger partial charge >= 0.3 is 0 Å². The number of rotatable bonds is 5. The van der Waals surface area contributed by atoms with E-state index in [0.717, 1.165) is 0 Å². The fourth-order valence-electron chi connectivity index (χ4n) is 1.95. The van der Waals surface area contributed by atoms with Gasteiger partial charge in [0.25, 0.3) is 12.3 Å². The van der Waals surface area contributed by atoms with Crippen molar-refractivity contribution in [2.24, 2.45) is 0 Å². The zero-order chi connectivity index (χ0) is 19.6. The number of aromatic nitrogens is 2. The molecule has 0 spiro atoms. The first-order valence-corrected chi connectivity index (χ1v) is 7.80. The molecule has 0 atom stereocenters. The van der Waals surface area contributed by atoms with Gasteiger partial charge in [-0.3, -0.25) is 4.79 Å². The first-order valence-electron chi connectivity index (χ1n) is 7.80. The average molecular weight is 379 g/mol. The predicted octanol–water partition coefficient (Wildman–Crippen LogP) is 3.22. The molecule has 0 saturated carbocycles. The predicted molar refractivity (Wildman–Crippen MR) is 90.5 cm³/mol. The number of carbonyl (C=O) groups excluding carboxylic acids is 1. The zero-order valence-corrected chi connectivity index (χ0v) is 14.0. The number of hydrogen-bond acceptors (Lipinski definition) is 5. The maximum atomic E-state index is 12.4. The third-order valence-electron chi connectivity index (χ3n) is 3.29. The molecule has 9 heteroatoms. The molecule has 6 nitrogen and oxygen atoms in total. The number of alkyl halides is 2. The van der Waals surface area contributed by atoms with Crippen molar-refractivity contribution >= 4 is 5.91 Å². The molecule has 0 radical (unpaired) electrons. The minimum absolute atomic E-state index is 0.0164. The topological polar surface area (TPSA) is 88.2 Å². The van der Waals surface area contributed by atoms with Crippen molar-refractivity contribution in [2.45, 2.75) is 6.43 Å². The highest BCUT2D eigenvalue weighted by Gasteiger charge is 2.08.